The van der Waals surface area contributed by atoms with E-state index in [1.54, 1.807) is 19.1 Å². The molecule has 10 heavy (non-hydrogen) atoms. The van der Waals surface area contributed by atoms with Crippen LogP contribution in [0.15, 0.2) is 12.1 Å². The summed E-state index contributed by atoms with van der Waals surface area (Å²) in [6.45, 7) is 1.69. The van der Waals surface area contributed by atoms with Crippen molar-refractivity contribution < 1.29 is 4.39 Å². The Morgan fingerprint density at radius 2 is 2.10 bits per heavy atom. The molecule has 54 valence electrons. The summed E-state index contributed by atoms with van der Waals surface area (Å²) in [6.07, 6.45) is 0. The summed E-state index contributed by atoms with van der Waals surface area (Å²) in [4.78, 5) is 0. The van der Waals surface area contributed by atoms with Gasteiger partial charge in [0.05, 0.1) is 5.02 Å². The third-order valence-corrected chi connectivity index (χ3v) is 2.82. The van der Waals surface area contributed by atoms with Crippen molar-refractivity contribution in [1.29, 1.82) is 0 Å². The molecule has 0 saturated carbocycles. The number of hydrogen-bond donors (Lipinski definition) is 0. The van der Waals surface area contributed by atoms with E-state index in [9.17, 15) is 4.39 Å². The zero-order chi connectivity index (χ0) is 7.72. The molecule has 1 rings (SSSR count). The number of benzene rings is 1. The Morgan fingerprint density at radius 3 is 2.60 bits per heavy atom. The van der Waals surface area contributed by atoms with Crippen molar-refractivity contribution in [3.05, 3.63) is 32.1 Å². The topological polar surface area (TPSA) is 0 Å². The molecule has 1 aromatic rings. The highest BCUT2D eigenvalue weighted by Gasteiger charge is 2.05. The van der Waals surface area contributed by atoms with Crippen LogP contribution in [0.5, 0.6) is 0 Å². The lowest BCUT2D eigenvalue weighted by atomic mass is 10.2. The summed E-state index contributed by atoms with van der Waals surface area (Å²) in [7, 11) is 0. The molecule has 0 aliphatic carbocycles. The Bertz CT molecular complexity index is 233. The SMILES string of the molecule is Cc1ccc(I)c(Cl)c1F. The van der Waals surface area contributed by atoms with E-state index in [4.69, 9.17) is 11.6 Å². The molecule has 0 radical (unpaired) electrons. The minimum Gasteiger partial charge on any atom is -0.205 e. The Hall–Kier alpha value is 0.170. The predicted octanol–water partition coefficient (Wildman–Crippen LogP) is 3.39. The molecular weight excluding hydrogens is 265 g/mol. The maximum atomic E-state index is 12.9. The summed E-state index contributed by atoms with van der Waals surface area (Å²) in [5.41, 5.74) is 0.588. The first-order chi connectivity index (χ1) is 4.63. The molecule has 0 spiro atoms. The zero-order valence-electron chi connectivity index (χ0n) is 5.29. The molecule has 0 N–H and O–H groups in total. The Balaban J connectivity index is 3.34. The predicted molar refractivity (Wildman–Crippen MR) is 48.9 cm³/mol. The van der Waals surface area contributed by atoms with Gasteiger partial charge in [-0.3, -0.25) is 0 Å². The van der Waals surface area contributed by atoms with Crippen molar-refractivity contribution in [3.63, 3.8) is 0 Å². The van der Waals surface area contributed by atoms with E-state index in [0.717, 1.165) is 3.57 Å². The highest BCUT2D eigenvalue weighted by Crippen LogP contribution is 2.23. The van der Waals surface area contributed by atoms with Crippen LogP contribution in [0.1, 0.15) is 5.56 Å². The van der Waals surface area contributed by atoms with Crippen molar-refractivity contribution in [2.75, 3.05) is 0 Å². The monoisotopic (exact) mass is 270 g/mol. The van der Waals surface area contributed by atoms with Crippen molar-refractivity contribution in [2.45, 2.75) is 6.92 Å². The van der Waals surface area contributed by atoms with E-state index < -0.39 is 0 Å². The third-order valence-electron chi connectivity index (χ3n) is 1.23. The van der Waals surface area contributed by atoms with Crippen LogP contribution >= 0.6 is 34.2 Å². The molecule has 1 aromatic carbocycles. The molecule has 0 unspecified atom stereocenters. The van der Waals surface area contributed by atoms with Crippen molar-refractivity contribution in [3.8, 4) is 0 Å². The molecule has 0 nitrogen and oxygen atoms in total. The van der Waals surface area contributed by atoms with Gasteiger partial charge in [0.2, 0.25) is 0 Å². The van der Waals surface area contributed by atoms with Crippen LogP contribution in [-0.4, -0.2) is 0 Å². The molecule has 0 aliphatic rings. The van der Waals surface area contributed by atoms with E-state index in [-0.39, 0.29) is 10.8 Å². The molecule has 3 heteroatoms. The van der Waals surface area contributed by atoms with Crippen LogP contribution in [0.3, 0.4) is 0 Å². The number of halogens is 3. The lowest BCUT2D eigenvalue weighted by Gasteiger charge is -1.99. The standard InChI is InChI=1S/C7H5ClFI/c1-4-2-3-5(10)6(8)7(4)9/h2-3H,1H3. The minimum absolute atomic E-state index is 0.223. The second kappa shape index (κ2) is 3.05. The first kappa shape index (κ1) is 8.27. The minimum atomic E-state index is -0.312. The summed E-state index contributed by atoms with van der Waals surface area (Å²) in [6, 6.07) is 3.50. The molecule has 0 atom stereocenters. The average molecular weight is 270 g/mol. The van der Waals surface area contributed by atoms with Crippen LogP contribution < -0.4 is 0 Å². The fourth-order valence-electron chi connectivity index (χ4n) is 0.622. The lowest BCUT2D eigenvalue weighted by molar-refractivity contribution is 0.618. The fourth-order valence-corrected chi connectivity index (χ4v) is 1.25. The van der Waals surface area contributed by atoms with E-state index in [1.807, 2.05) is 22.6 Å². The van der Waals surface area contributed by atoms with Gasteiger partial charge in [-0.25, -0.2) is 4.39 Å². The van der Waals surface area contributed by atoms with Gasteiger partial charge in [-0.2, -0.15) is 0 Å². The van der Waals surface area contributed by atoms with Gasteiger partial charge >= 0.3 is 0 Å². The Labute approximate surface area is 77.5 Å². The number of rotatable bonds is 0. The van der Waals surface area contributed by atoms with Crippen LogP contribution in [0.25, 0.3) is 0 Å². The largest absolute Gasteiger partial charge is 0.205 e. The normalized spacial score (nSPS) is 10.0. The number of hydrogen-bond acceptors (Lipinski definition) is 0. The first-order valence-electron chi connectivity index (χ1n) is 2.73. The average Bonchev–Trinajstić information content (AvgIpc) is 1.93. The Morgan fingerprint density at radius 1 is 1.50 bits per heavy atom. The van der Waals surface area contributed by atoms with Gasteiger partial charge in [0.1, 0.15) is 5.82 Å². The molecule has 0 saturated heterocycles. The molecular formula is C7H5ClFI. The van der Waals surface area contributed by atoms with Crippen LogP contribution in [0.4, 0.5) is 4.39 Å². The maximum absolute atomic E-state index is 12.9. The van der Waals surface area contributed by atoms with Gasteiger partial charge in [0.25, 0.3) is 0 Å². The third kappa shape index (κ3) is 1.42. The van der Waals surface area contributed by atoms with Crippen LogP contribution in [-0.2, 0) is 0 Å². The molecule has 0 amide bonds. The quantitative estimate of drug-likeness (QED) is 0.501. The van der Waals surface area contributed by atoms with Crippen molar-refractivity contribution >= 4 is 34.2 Å². The van der Waals surface area contributed by atoms with Crippen molar-refractivity contribution in [2.24, 2.45) is 0 Å². The highest BCUT2D eigenvalue weighted by atomic mass is 127. The van der Waals surface area contributed by atoms with Gasteiger partial charge in [0, 0.05) is 3.57 Å². The summed E-state index contributed by atoms with van der Waals surface area (Å²) in [5, 5.41) is 0.223. The van der Waals surface area contributed by atoms with E-state index >= 15 is 0 Å². The van der Waals surface area contributed by atoms with Crippen LogP contribution in [0, 0.1) is 16.3 Å². The molecule has 0 heterocycles. The molecule has 0 aliphatic heterocycles. The van der Waals surface area contributed by atoms with Crippen LogP contribution in [0.2, 0.25) is 5.02 Å². The Kier molecular flexibility index (Phi) is 2.52. The molecule has 0 aromatic heterocycles. The van der Waals surface area contributed by atoms with Gasteiger partial charge in [-0.1, -0.05) is 17.7 Å². The molecule has 0 bridgehead atoms. The van der Waals surface area contributed by atoms with Gasteiger partial charge in [-0.05, 0) is 41.1 Å². The van der Waals surface area contributed by atoms with E-state index in [1.165, 1.54) is 0 Å². The number of aryl methyl sites for hydroxylation is 1. The van der Waals surface area contributed by atoms with Gasteiger partial charge in [-0.15, -0.1) is 0 Å². The summed E-state index contributed by atoms with van der Waals surface area (Å²) in [5.74, 6) is -0.312. The highest BCUT2D eigenvalue weighted by molar-refractivity contribution is 14.1. The fraction of sp³-hybridized carbons (Fsp3) is 0.143. The van der Waals surface area contributed by atoms with Crippen molar-refractivity contribution in [1.82, 2.24) is 0 Å². The lowest BCUT2D eigenvalue weighted by Crippen LogP contribution is -1.85. The second-order valence-electron chi connectivity index (χ2n) is 1.99. The van der Waals surface area contributed by atoms with E-state index in [2.05, 4.69) is 0 Å². The first-order valence-corrected chi connectivity index (χ1v) is 4.18. The summed E-state index contributed by atoms with van der Waals surface area (Å²) < 4.78 is 13.6. The molecule has 0 fully saturated rings. The van der Waals surface area contributed by atoms with E-state index in [0.29, 0.717) is 5.56 Å². The van der Waals surface area contributed by atoms with Gasteiger partial charge < -0.3 is 0 Å². The maximum Gasteiger partial charge on any atom is 0.145 e. The smallest absolute Gasteiger partial charge is 0.145 e. The van der Waals surface area contributed by atoms with Gasteiger partial charge in [0.15, 0.2) is 0 Å². The zero-order valence-corrected chi connectivity index (χ0v) is 8.20. The summed E-state index contributed by atoms with van der Waals surface area (Å²) >= 11 is 7.60. The second-order valence-corrected chi connectivity index (χ2v) is 3.53.